The van der Waals surface area contributed by atoms with Gasteiger partial charge in [-0.15, -0.1) is 0 Å². The zero-order valence-electron chi connectivity index (χ0n) is 8.59. The van der Waals surface area contributed by atoms with E-state index >= 15 is 0 Å². The second-order valence-corrected chi connectivity index (χ2v) is 3.71. The maximum absolute atomic E-state index is 12.0. The van der Waals surface area contributed by atoms with Crippen molar-refractivity contribution >= 4 is 21.9 Å². The molecule has 6 heteroatoms. The predicted molar refractivity (Wildman–Crippen MR) is 56.9 cm³/mol. The van der Waals surface area contributed by atoms with E-state index in [1.54, 1.807) is 6.92 Å². The first-order valence-electron chi connectivity index (χ1n) is 4.29. The molecule has 16 heavy (non-hydrogen) atoms. The fourth-order valence-electron chi connectivity index (χ4n) is 1.16. The largest absolute Gasteiger partial charge is 0.465 e. The first-order chi connectivity index (χ1) is 7.47. The van der Waals surface area contributed by atoms with Crippen molar-refractivity contribution in [3.8, 4) is 5.75 Å². The van der Waals surface area contributed by atoms with Crippen molar-refractivity contribution in [2.75, 3.05) is 7.11 Å². The number of halogens is 3. The molecule has 0 aliphatic carbocycles. The molecule has 0 saturated heterocycles. The molecule has 0 radical (unpaired) electrons. The van der Waals surface area contributed by atoms with Gasteiger partial charge in [0.2, 0.25) is 0 Å². The smallest absolute Gasteiger partial charge is 0.387 e. The molecule has 0 spiro atoms. The molecule has 3 nitrogen and oxygen atoms in total. The number of methoxy groups -OCH3 is 1. The average Bonchev–Trinajstić information content (AvgIpc) is 2.23. The first kappa shape index (κ1) is 12.9. The maximum atomic E-state index is 12.0. The summed E-state index contributed by atoms with van der Waals surface area (Å²) in [6.07, 6.45) is 0. The van der Waals surface area contributed by atoms with Gasteiger partial charge in [-0.1, -0.05) is 0 Å². The van der Waals surface area contributed by atoms with Crippen molar-refractivity contribution in [3.05, 3.63) is 27.7 Å². The SMILES string of the molecule is COC(=O)c1ccc(OC(F)F)c(C)c1Br. The van der Waals surface area contributed by atoms with Gasteiger partial charge >= 0.3 is 12.6 Å². The molecule has 0 unspecified atom stereocenters. The summed E-state index contributed by atoms with van der Waals surface area (Å²) in [5.74, 6) is -0.520. The van der Waals surface area contributed by atoms with E-state index in [1.807, 2.05) is 0 Å². The third kappa shape index (κ3) is 2.69. The van der Waals surface area contributed by atoms with Gasteiger partial charge in [0, 0.05) is 10.0 Å². The Hall–Kier alpha value is -1.17. The van der Waals surface area contributed by atoms with Gasteiger partial charge in [0.25, 0.3) is 0 Å². The quantitative estimate of drug-likeness (QED) is 0.804. The van der Waals surface area contributed by atoms with Crippen LogP contribution >= 0.6 is 15.9 Å². The summed E-state index contributed by atoms with van der Waals surface area (Å²) in [6.45, 7) is -1.33. The van der Waals surface area contributed by atoms with Crippen molar-refractivity contribution in [2.45, 2.75) is 13.5 Å². The van der Waals surface area contributed by atoms with Crippen LogP contribution in [0.4, 0.5) is 8.78 Å². The van der Waals surface area contributed by atoms with Crippen LogP contribution in [0.3, 0.4) is 0 Å². The number of ether oxygens (including phenoxy) is 2. The highest BCUT2D eigenvalue weighted by Gasteiger charge is 2.16. The first-order valence-corrected chi connectivity index (χ1v) is 5.09. The molecule has 0 N–H and O–H groups in total. The van der Waals surface area contributed by atoms with E-state index in [9.17, 15) is 13.6 Å². The molecule has 0 aromatic heterocycles. The van der Waals surface area contributed by atoms with Gasteiger partial charge in [0.1, 0.15) is 5.75 Å². The third-order valence-electron chi connectivity index (χ3n) is 1.96. The molecule has 1 rings (SSSR count). The van der Waals surface area contributed by atoms with Crippen LogP contribution in [0.25, 0.3) is 0 Å². The minimum absolute atomic E-state index is 0.0227. The summed E-state index contributed by atoms with van der Waals surface area (Å²) in [5, 5.41) is 0. The summed E-state index contributed by atoms with van der Waals surface area (Å²) < 4.78 is 33.3. The number of carbonyl (C=O) groups is 1. The fraction of sp³-hybridized carbons (Fsp3) is 0.300. The molecular formula is C10H9BrF2O3. The zero-order chi connectivity index (χ0) is 12.3. The Labute approximate surface area is 99.5 Å². The highest BCUT2D eigenvalue weighted by molar-refractivity contribution is 9.10. The molecule has 0 heterocycles. The van der Waals surface area contributed by atoms with Gasteiger partial charge in [-0.2, -0.15) is 8.78 Å². The standard InChI is InChI=1S/C10H9BrF2O3/c1-5-7(16-10(12)13)4-3-6(8(5)11)9(14)15-2/h3-4,10H,1-2H3. The van der Waals surface area contributed by atoms with E-state index in [4.69, 9.17) is 0 Å². The van der Waals surface area contributed by atoms with Crippen LogP contribution < -0.4 is 4.74 Å². The lowest BCUT2D eigenvalue weighted by molar-refractivity contribution is -0.0503. The van der Waals surface area contributed by atoms with Crippen molar-refractivity contribution < 1.29 is 23.0 Å². The van der Waals surface area contributed by atoms with Crippen molar-refractivity contribution in [1.82, 2.24) is 0 Å². The van der Waals surface area contributed by atoms with Crippen LogP contribution in [0.15, 0.2) is 16.6 Å². The fourth-order valence-corrected chi connectivity index (χ4v) is 1.65. The van der Waals surface area contributed by atoms with Gasteiger partial charge in [-0.25, -0.2) is 4.79 Å². The van der Waals surface area contributed by atoms with E-state index in [2.05, 4.69) is 25.4 Å². The van der Waals surface area contributed by atoms with Crippen molar-refractivity contribution in [2.24, 2.45) is 0 Å². The lowest BCUT2D eigenvalue weighted by Crippen LogP contribution is -2.07. The highest BCUT2D eigenvalue weighted by atomic mass is 79.9. The van der Waals surface area contributed by atoms with Crippen LogP contribution in [0.2, 0.25) is 0 Å². The Bertz CT molecular complexity index is 407. The minimum Gasteiger partial charge on any atom is -0.465 e. The summed E-state index contributed by atoms with van der Waals surface area (Å²) >= 11 is 3.14. The average molecular weight is 295 g/mol. The minimum atomic E-state index is -2.89. The highest BCUT2D eigenvalue weighted by Crippen LogP contribution is 2.30. The number of hydrogen-bond donors (Lipinski definition) is 0. The molecule has 88 valence electrons. The van der Waals surface area contributed by atoms with Crippen molar-refractivity contribution in [1.29, 1.82) is 0 Å². The van der Waals surface area contributed by atoms with Crippen LogP contribution in [0.5, 0.6) is 5.75 Å². The second kappa shape index (κ2) is 5.25. The molecular weight excluding hydrogens is 286 g/mol. The van der Waals surface area contributed by atoms with E-state index in [0.29, 0.717) is 10.0 Å². The summed E-state index contributed by atoms with van der Waals surface area (Å²) in [5.41, 5.74) is 0.685. The van der Waals surface area contributed by atoms with E-state index in [-0.39, 0.29) is 11.3 Å². The molecule has 0 fully saturated rings. The molecule has 0 bridgehead atoms. The maximum Gasteiger partial charge on any atom is 0.387 e. The summed E-state index contributed by atoms with van der Waals surface area (Å²) in [6, 6.07) is 2.67. The molecule has 0 atom stereocenters. The number of hydrogen-bond acceptors (Lipinski definition) is 3. The molecule has 0 aliphatic heterocycles. The van der Waals surface area contributed by atoms with Crippen LogP contribution in [0, 0.1) is 6.92 Å². The van der Waals surface area contributed by atoms with Gasteiger partial charge in [0.15, 0.2) is 0 Å². The lowest BCUT2D eigenvalue weighted by atomic mass is 10.1. The Kier molecular flexibility index (Phi) is 4.23. The van der Waals surface area contributed by atoms with Crippen LogP contribution in [-0.2, 0) is 4.74 Å². The molecule has 0 amide bonds. The van der Waals surface area contributed by atoms with E-state index in [1.165, 1.54) is 19.2 Å². The molecule has 1 aromatic carbocycles. The lowest BCUT2D eigenvalue weighted by Gasteiger charge is -2.11. The Balaban J connectivity index is 3.13. The van der Waals surface area contributed by atoms with Crippen molar-refractivity contribution in [3.63, 3.8) is 0 Å². The molecule has 0 aliphatic rings. The van der Waals surface area contributed by atoms with Gasteiger partial charge in [-0.05, 0) is 35.0 Å². The number of benzene rings is 1. The van der Waals surface area contributed by atoms with Gasteiger partial charge in [0.05, 0.1) is 12.7 Å². The predicted octanol–water partition coefficient (Wildman–Crippen LogP) is 3.15. The Morgan fingerprint density at radius 3 is 2.56 bits per heavy atom. The zero-order valence-corrected chi connectivity index (χ0v) is 10.2. The van der Waals surface area contributed by atoms with E-state index in [0.717, 1.165) is 0 Å². The third-order valence-corrected chi connectivity index (χ3v) is 2.98. The Morgan fingerprint density at radius 1 is 1.44 bits per heavy atom. The summed E-state index contributed by atoms with van der Waals surface area (Å²) in [4.78, 5) is 11.3. The van der Waals surface area contributed by atoms with Gasteiger partial charge in [-0.3, -0.25) is 0 Å². The number of esters is 1. The van der Waals surface area contributed by atoms with Gasteiger partial charge < -0.3 is 9.47 Å². The summed E-state index contributed by atoms with van der Waals surface area (Å²) in [7, 11) is 1.24. The number of rotatable bonds is 3. The Morgan fingerprint density at radius 2 is 2.06 bits per heavy atom. The van der Waals surface area contributed by atoms with Crippen LogP contribution in [-0.4, -0.2) is 19.7 Å². The number of carbonyl (C=O) groups excluding carboxylic acids is 1. The van der Waals surface area contributed by atoms with Crippen LogP contribution in [0.1, 0.15) is 15.9 Å². The normalized spacial score (nSPS) is 10.4. The monoisotopic (exact) mass is 294 g/mol. The number of alkyl halides is 2. The molecule has 0 saturated carbocycles. The topological polar surface area (TPSA) is 35.5 Å². The van der Waals surface area contributed by atoms with E-state index < -0.39 is 12.6 Å². The molecule has 1 aromatic rings. The second-order valence-electron chi connectivity index (χ2n) is 2.92.